The molecule has 1 aliphatic rings. The molecule has 1 fully saturated rings. The number of nitrogens with one attached hydrogen (secondary N) is 1. The first-order chi connectivity index (χ1) is 7.89. The van der Waals surface area contributed by atoms with E-state index in [2.05, 4.69) is 36.7 Å². The molecule has 0 spiro atoms. The Bertz CT molecular complexity index is 463. The molecule has 17 heavy (non-hydrogen) atoms. The van der Waals surface area contributed by atoms with Crippen LogP contribution in [0.2, 0.25) is 0 Å². The summed E-state index contributed by atoms with van der Waals surface area (Å²) in [6.45, 7) is 5.21. The van der Waals surface area contributed by atoms with Gasteiger partial charge in [0.2, 0.25) is 0 Å². The average Bonchev–Trinajstić information content (AvgIpc) is 2.84. The fourth-order valence-electron chi connectivity index (χ4n) is 2.11. The maximum absolute atomic E-state index is 11.4. The van der Waals surface area contributed by atoms with Crippen molar-refractivity contribution in [1.29, 1.82) is 0 Å². The van der Waals surface area contributed by atoms with E-state index < -0.39 is 9.84 Å². The summed E-state index contributed by atoms with van der Waals surface area (Å²) in [5.41, 5.74) is 0.0700. The Morgan fingerprint density at radius 1 is 1.53 bits per heavy atom. The minimum Gasteiger partial charge on any atom is -0.312 e. The van der Waals surface area contributed by atoms with E-state index in [4.69, 9.17) is 0 Å². The molecular weight excluding hydrogens is 254 g/mol. The Morgan fingerprint density at radius 2 is 2.29 bits per heavy atom. The zero-order valence-electron chi connectivity index (χ0n) is 10.3. The van der Waals surface area contributed by atoms with Gasteiger partial charge in [0, 0.05) is 22.9 Å². The first kappa shape index (κ1) is 13.1. The van der Waals surface area contributed by atoms with Gasteiger partial charge in [0.25, 0.3) is 0 Å². The van der Waals surface area contributed by atoms with E-state index in [0.29, 0.717) is 11.5 Å². The number of hydrogen-bond acceptors (Lipinski definition) is 4. The summed E-state index contributed by atoms with van der Waals surface area (Å²) >= 11 is 1.75. The lowest BCUT2D eigenvalue weighted by atomic mass is 9.91. The highest BCUT2D eigenvalue weighted by Gasteiger charge is 2.29. The summed E-state index contributed by atoms with van der Waals surface area (Å²) in [4.78, 5) is 1.34. The first-order valence-corrected chi connectivity index (χ1v) is 8.57. The van der Waals surface area contributed by atoms with Crippen molar-refractivity contribution in [2.24, 2.45) is 0 Å². The molecule has 0 saturated carbocycles. The fraction of sp³-hybridized carbons (Fsp3) is 0.667. The van der Waals surface area contributed by atoms with Crippen LogP contribution in [0, 0.1) is 0 Å². The summed E-state index contributed by atoms with van der Waals surface area (Å²) in [5.74, 6) is 0.637. The molecule has 1 saturated heterocycles. The molecule has 1 aromatic heterocycles. The molecule has 1 atom stereocenters. The third-order valence-corrected chi connectivity index (χ3v) is 6.26. The second kappa shape index (κ2) is 4.71. The molecule has 5 heteroatoms. The Morgan fingerprint density at radius 3 is 2.82 bits per heavy atom. The van der Waals surface area contributed by atoms with E-state index in [1.807, 2.05) is 0 Å². The van der Waals surface area contributed by atoms with Gasteiger partial charge in [-0.3, -0.25) is 0 Å². The van der Waals surface area contributed by atoms with Gasteiger partial charge < -0.3 is 5.32 Å². The monoisotopic (exact) mass is 273 g/mol. The van der Waals surface area contributed by atoms with Gasteiger partial charge in [-0.25, -0.2) is 8.42 Å². The highest BCUT2D eigenvalue weighted by Crippen LogP contribution is 2.27. The Labute approximate surface area is 107 Å². The molecule has 0 radical (unpaired) electrons. The molecule has 96 valence electrons. The minimum atomic E-state index is -2.78. The Hall–Kier alpha value is -0.390. The molecule has 1 unspecified atom stereocenters. The van der Waals surface area contributed by atoms with Crippen LogP contribution in [0.1, 0.15) is 25.1 Å². The molecule has 1 N–H and O–H groups in total. The van der Waals surface area contributed by atoms with E-state index in [9.17, 15) is 8.42 Å². The summed E-state index contributed by atoms with van der Waals surface area (Å²) < 4.78 is 22.7. The van der Waals surface area contributed by atoms with Gasteiger partial charge in [0.1, 0.15) is 0 Å². The van der Waals surface area contributed by atoms with Crippen LogP contribution in [0.15, 0.2) is 17.5 Å². The zero-order valence-corrected chi connectivity index (χ0v) is 11.9. The predicted octanol–water partition coefficient (Wildman–Crippen LogP) is 1.80. The summed E-state index contributed by atoms with van der Waals surface area (Å²) in [5, 5.41) is 5.47. The topological polar surface area (TPSA) is 46.2 Å². The molecular formula is C12H19NO2S2. The molecule has 0 bridgehead atoms. The average molecular weight is 273 g/mol. The van der Waals surface area contributed by atoms with Gasteiger partial charge in [0.15, 0.2) is 9.84 Å². The predicted molar refractivity (Wildman–Crippen MR) is 72.4 cm³/mol. The summed E-state index contributed by atoms with van der Waals surface area (Å²) in [6, 6.07) is 4.33. The van der Waals surface area contributed by atoms with Crippen molar-refractivity contribution >= 4 is 21.2 Å². The van der Waals surface area contributed by atoms with E-state index in [1.54, 1.807) is 11.3 Å². The van der Waals surface area contributed by atoms with Crippen molar-refractivity contribution in [3.63, 3.8) is 0 Å². The van der Waals surface area contributed by atoms with Crippen molar-refractivity contribution in [2.75, 3.05) is 18.1 Å². The van der Waals surface area contributed by atoms with Crippen molar-refractivity contribution in [3.8, 4) is 0 Å². The zero-order chi connectivity index (χ0) is 12.5. The molecule has 2 rings (SSSR count). The number of hydrogen-bond donors (Lipinski definition) is 1. The molecule has 1 aliphatic heterocycles. The molecule has 0 aromatic carbocycles. The molecule has 0 amide bonds. The first-order valence-electron chi connectivity index (χ1n) is 5.87. The maximum Gasteiger partial charge on any atom is 0.151 e. The lowest BCUT2D eigenvalue weighted by Crippen LogP contribution is -2.39. The second-order valence-corrected chi connectivity index (χ2v) is 8.52. The van der Waals surface area contributed by atoms with E-state index in [0.717, 1.165) is 13.0 Å². The number of thiophene rings is 1. The fourth-order valence-corrected chi connectivity index (χ4v) is 4.67. The second-order valence-electron chi connectivity index (χ2n) is 5.34. The van der Waals surface area contributed by atoms with Crippen molar-refractivity contribution < 1.29 is 8.42 Å². The molecule has 2 heterocycles. The van der Waals surface area contributed by atoms with Crippen LogP contribution in [-0.2, 0) is 15.3 Å². The van der Waals surface area contributed by atoms with Crippen LogP contribution < -0.4 is 5.32 Å². The van der Waals surface area contributed by atoms with Gasteiger partial charge in [-0.15, -0.1) is 11.3 Å². The smallest absolute Gasteiger partial charge is 0.151 e. The number of sulfone groups is 1. The highest BCUT2D eigenvalue weighted by molar-refractivity contribution is 7.91. The van der Waals surface area contributed by atoms with Gasteiger partial charge in [0.05, 0.1) is 11.5 Å². The highest BCUT2D eigenvalue weighted by atomic mass is 32.2. The quantitative estimate of drug-likeness (QED) is 0.910. The minimum absolute atomic E-state index is 0.0700. The van der Waals surface area contributed by atoms with Crippen LogP contribution in [0.4, 0.5) is 0 Å². The van der Waals surface area contributed by atoms with Gasteiger partial charge >= 0.3 is 0 Å². The maximum atomic E-state index is 11.4. The number of rotatable bonds is 4. The van der Waals surface area contributed by atoms with Crippen LogP contribution in [0.25, 0.3) is 0 Å². The van der Waals surface area contributed by atoms with Crippen LogP contribution in [0.3, 0.4) is 0 Å². The van der Waals surface area contributed by atoms with E-state index in [1.165, 1.54) is 4.88 Å². The normalized spacial score (nSPS) is 24.0. The van der Waals surface area contributed by atoms with Crippen LogP contribution >= 0.6 is 11.3 Å². The van der Waals surface area contributed by atoms with Gasteiger partial charge in [-0.1, -0.05) is 19.9 Å². The van der Waals surface area contributed by atoms with Crippen molar-refractivity contribution in [2.45, 2.75) is 31.7 Å². The lowest BCUT2D eigenvalue weighted by molar-refractivity contribution is 0.437. The van der Waals surface area contributed by atoms with E-state index in [-0.39, 0.29) is 11.5 Å². The molecule has 0 aliphatic carbocycles. The van der Waals surface area contributed by atoms with Crippen molar-refractivity contribution in [1.82, 2.24) is 5.32 Å². The van der Waals surface area contributed by atoms with Gasteiger partial charge in [-0.05, 0) is 17.9 Å². The van der Waals surface area contributed by atoms with Gasteiger partial charge in [-0.2, -0.15) is 0 Å². The molecule has 1 aromatic rings. The standard InChI is InChI=1S/C12H19NO2S2/c1-12(2,11-4-3-6-16-11)9-13-10-5-7-17(14,15)8-10/h3-4,6,10,13H,5,7-9H2,1-2H3. The summed E-state index contributed by atoms with van der Waals surface area (Å²) in [7, 11) is -2.78. The SMILES string of the molecule is CC(C)(CNC1CCS(=O)(=O)C1)c1cccs1. The Kier molecular flexibility index (Phi) is 3.61. The third-order valence-electron chi connectivity index (χ3n) is 3.25. The largest absolute Gasteiger partial charge is 0.312 e. The van der Waals surface area contributed by atoms with E-state index >= 15 is 0 Å². The Balaban J connectivity index is 1.91. The molecule has 3 nitrogen and oxygen atoms in total. The van der Waals surface area contributed by atoms with Crippen LogP contribution in [0.5, 0.6) is 0 Å². The van der Waals surface area contributed by atoms with Crippen LogP contribution in [-0.4, -0.2) is 32.5 Å². The third kappa shape index (κ3) is 3.30. The summed E-state index contributed by atoms with van der Waals surface area (Å²) in [6.07, 6.45) is 0.753. The van der Waals surface area contributed by atoms with Crippen molar-refractivity contribution in [3.05, 3.63) is 22.4 Å². The lowest BCUT2D eigenvalue weighted by Gasteiger charge is -2.25.